The molecular weight excluding hydrogens is 254 g/mol. The van der Waals surface area contributed by atoms with Gasteiger partial charge in [-0.05, 0) is 51.4 Å². The maximum atomic E-state index is 11.9. The third kappa shape index (κ3) is 4.22. The van der Waals surface area contributed by atoms with Crippen molar-refractivity contribution in [2.75, 3.05) is 13.1 Å². The summed E-state index contributed by atoms with van der Waals surface area (Å²) in [6, 6.07) is 0. The second-order valence-corrected chi connectivity index (χ2v) is 6.63. The summed E-state index contributed by atoms with van der Waals surface area (Å²) in [7, 11) is 0. The van der Waals surface area contributed by atoms with Crippen LogP contribution in [-0.2, 0) is 9.53 Å². The van der Waals surface area contributed by atoms with Crippen LogP contribution in [0.1, 0.15) is 60.3 Å². The molecule has 1 amide bonds. The molecule has 4 heteroatoms. The predicted molar refractivity (Wildman–Crippen MR) is 79.6 cm³/mol. The van der Waals surface area contributed by atoms with Gasteiger partial charge in [0.25, 0.3) is 0 Å². The molecule has 1 atom stereocenters. The molecule has 1 heterocycles. The van der Waals surface area contributed by atoms with E-state index < -0.39 is 5.60 Å². The Labute approximate surface area is 122 Å². The molecule has 1 saturated carbocycles. The largest absolute Gasteiger partial charge is 0.444 e. The van der Waals surface area contributed by atoms with Crippen molar-refractivity contribution >= 4 is 12.4 Å². The van der Waals surface area contributed by atoms with Gasteiger partial charge < -0.3 is 14.4 Å². The molecule has 20 heavy (non-hydrogen) atoms. The quantitative estimate of drug-likeness (QED) is 0.727. The Bertz CT molecular complexity index is 338. The van der Waals surface area contributed by atoms with Crippen molar-refractivity contribution < 1.29 is 14.3 Å². The van der Waals surface area contributed by atoms with E-state index >= 15 is 0 Å². The third-order valence-corrected chi connectivity index (χ3v) is 4.15. The highest BCUT2D eigenvalue weighted by molar-refractivity contribution is 5.68. The van der Waals surface area contributed by atoms with Crippen LogP contribution in [0, 0.1) is 11.3 Å². The number of nitrogens with zero attached hydrogens (tertiary/aromatic N) is 1. The fraction of sp³-hybridized carbons (Fsp3) is 0.875. The Morgan fingerprint density at radius 3 is 2.30 bits per heavy atom. The minimum absolute atomic E-state index is 0.204. The van der Waals surface area contributed by atoms with Gasteiger partial charge in [0.2, 0.25) is 0 Å². The molecule has 1 aliphatic carbocycles. The highest BCUT2D eigenvalue weighted by atomic mass is 16.6. The summed E-state index contributed by atoms with van der Waals surface area (Å²) in [5.41, 5.74) is -0.0642. The van der Waals surface area contributed by atoms with Gasteiger partial charge in [-0.25, -0.2) is 4.79 Å². The average molecular weight is 283 g/mol. The monoisotopic (exact) mass is 283 g/mol. The average Bonchev–Trinajstić information content (AvgIpc) is 3.03. The molecule has 0 aromatic heterocycles. The maximum absolute atomic E-state index is 11.9. The van der Waals surface area contributed by atoms with E-state index in [9.17, 15) is 9.59 Å². The number of carbonyl (C=O) groups is 2. The van der Waals surface area contributed by atoms with Gasteiger partial charge in [-0.15, -0.1) is 0 Å². The molecule has 0 N–H and O–H groups in total. The first-order valence-electron chi connectivity index (χ1n) is 7.78. The SMILES string of the molecule is CC.CC(C)(C)OC(=O)N1CCC2(CC1)CC2CC=O. The van der Waals surface area contributed by atoms with E-state index in [1.165, 1.54) is 0 Å². The summed E-state index contributed by atoms with van der Waals surface area (Å²) in [4.78, 5) is 24.2. The van der Waals surface area contributed by atoms with Crippen LogP contribution < -0.4 is 0 Å². The molecular formula is C16H29NO3. The molecule has 0 bridgehead atoms. The number of ether oxygens (including phenoxy) is 1. The lowest BCUT2D eigenvalue weighted by Gasteiger charge is -2.34. The summed E-state index contributed by atoms with van der Waals surface area (Å²) in [5, 5.41) is 0. The lowest BCUT2D eigenvalue weighted by molar-refractivity contribution is -0.108. The minimum Gasteiger partial charge on any atom is -0.444 e. The van der Waals surface area contributed by atoms with Gasteiger partial charge in [-0.2, -0.15) is 0 Å². The number of aldehydes is 1. The molecule has 116 valence electrons. The van der Waals surface area contributed by atoms with Crippen molar-refractivity contribution in [3.63, 3.8) is 0 Å². The van der Waals surface area contributed by atoms with Crippen LogP contribution in [0.5, 0.6) is 0 Å². The molecule has 1 aliphatic heterocycles. The van der Waals surface area contributed by atoms with Crippen LogP contribution in [0.2, 0.25) is 0 Å². The van der Waals surface area contributed by atoms with Crippen molar-refractivity contribution in [1.29, 1.82) is 0 Å². The van der Waals surface area contributed by atoms with E-state index in [0.717, 1.165) is 38.6 Å². The Balaban J connectivity index is 0.000000956. The van der Waals surface area contributed by atoms with Crippen LogP contribution in [0.25, 0.3) is 0 Å². The highest BCUT2D eigenvalue weighted by Crippen LogP contribution is 2.60. The number of hydrogen-bond acceptors (Lipinski definition) is 3. The number of piperidine rings is 1. The van der Waals surface area contributed by atoms with Gasteiger partial charge in [0.1, 0.15) is 11.9 Å². The Kier molecular flexibility index (Phi) is 5.60. The number of likely N-dealkylation sites (tertiary alicyclic amines) is 1. The minimum atomic E-state index is -0.425. The van der Waals surface area contributed by atoms with E-state index in [1.54, 1.807) is 4.90 Å². The molecule has 0 radical (unpaired) electrons. The van der Waals surface area contributed by atoms with E-state index in [1.807, 2.05) is 34.6 Å². The zero-order valence-electron chi connectivity index (χ0n) is 13.6. The normalized spacial score (nSPS) is 23.6. The molecule has 1 spiro atoms. The van der Waals surface area contributed by atoms with Crippen LogP contribution in [-0.4, -0.2) is 36.0 Å². The molecule has 4 nitrogen and oxygen atoms in total. The molecule has 1 unspecified atom stereocenters. The number of hydrogen-bond donors (Lipinski definition) is 0. The fourth-order valence-electron chi connectivity index (χ4n) is 2.95. The van der Waals surface area contributed by atoms with E-state index in [2.05, 4.69) is 0 Å². The summed E-state index contributed by atoms with van der Waals surface area (Å²) >= 11 is 0. The summed E-state index contributed by atoms with van der Waals surface area (Å²) in [6.45, 7) is 11.2. The van der Waals surface area contributed by atoms with Crippen molar-refractivity contribution in [2.45, 2.75) is 65.9 Å². The Morgan fingerprint density at radius 2 is 1.85 bits per heavy atom. The highest BCUT2D eigenvalue weighted by Gasteiger charge is 2.54. The molecule has 2 aliphatic rings. The van der Waals surface area contributed by atoms with Gasteiger partial charge in [-0.1, -0.05) is 13.8 Å². The molecule has 2 rings (SSSR count). The zero-order chi connectivity index (χ0) is 15.4. The van der Waals surface area contributed by atoms with Crippen molar-refractivity contribution in [1.82, 2.24) is 4.90 Å². The maximum Gasteiger partial charge on any atom is 0.410 e. The first kappa shape index (κ1) is 17.0. The predicted octanol–water partition coefficient (Wildman–Crippen LogP) is 3.64. The second-order valence-electron chi connectivity index (χ2n) is 6.63. The first-order valence-corrected chi connectivity index (χ1v) is 7.78. The van der Waals surface area contributed by atoms with Gasteiger partial charge in [-0.3, -0.25) is 0 Å². The van der Waals surface area contributed by atoms with Gasteiger partial charge in [0, 0.05) is 19.5 Å². The van der Waals surface area contributed by atoms with Crippen LogP contribution in [0.15, 0.2) is 0 Å². The molecule has 0 aromatic rings. The summed E-state index contributed by atoms with van der Waals surface area (Å²) in [5.74, 6) is 0.566. The number of carbonyl (C=O) groups excluding carboxylic acids is 2. The van der Waals surface area contributed by atoms with Gasteiger partial charge in [0.05, 0.1) is 0 Å². The van der Waals surface area contributed by atoms with E-state index in [-0.39, 0.29) is 6.09 Å². The van der Waals surface area contributed by atoms with E-state index in [0.29, 0.717) is 17.8 Å². The first-order chi connectivity index (χ1) is 9.36. The smallest absolute Gasteiger partial charge is 0.410 e. The lowest BCUT2D eigenvalue weighted by atomic mass is 9.90. The Morgan fingerprint density at radius 1 is 1.30 bits per heavy atom. The standard InChI is InChI=1S/C14H23NO3.C2H6/c1-13(2,3)18-12(17)15-7-5-14(6-8-15)10-11(14)4-9-16;1-2/h9,11H,4-8,10H2,1-3H3;1-2H3. The number of rotatable bonds is 2. The lowest BCUT2D eigenvalue weighted by Crippen LogP contribution is -2.42. The third-order valence-electron chi connectivity index (χ3n) is 4.15. The van der Waals surface area contributed by atoms with Crippen molar-refractivity contribution in [3.05, 3.63) is 0 Å². The number of amides is 1. The molecule has 1 saturated heterocycles. The second kappa shape index (κ2) is 6.59. The fourth-order valence-corrected chi connectivity index (χ4v) is 2.95. The van der Waals surface area contributed by atoms with Crippen LogP contribution >= 0.6 is 0 Å². The molecule has 0 aromatic carbocycles. The molecule has 2 fully saturated rings. The van der Waals surface area contributed by atoms with Gasteiger partial charge >= 0.3 is 6.09 Å². The Hall–Kier alpha value is -1.06. The summed E-state index contributed by atoms with van der Waals surface area (Å²) < 4.78 is 5.37. The topological polar surface area (TPSA) is 46.6 Å². The zero-order valence-corrected chi connectivity index (χ0v) is 13.6. The van der Waals surface area contributed by atoms with Crippen molar-refractivity contribution in [3.8, 4) is 0 Å². The van der Waals surface area contributed by atoms with E-state index in [4.69, 9.17) is 4.74 Å². The van der Waals surface area contributed by atoms with Crippen LogP contribution in [0.4, 0.5) is 4.79 Å². The van der Waals surface area contributed by atoms with Crippen LogP contribution in [0.3, 0.4) is 0 Å². The summed E-state index contributed by atoms with van der Waals surface area (Å²) in [6.07, 6.45) is 4.71. The van der Waals surface area contributed by atoms with Gasteiger partial charge in [0.15, 0.2) is 0 Å². The van der Waals surface area contributed by atoms with Crippen molar-refractivity contribution in [2.24, 2.45) is 11.3 Å².